The maximum atomic E-state index is 12.4. The molecule has 3 rings (SSSR count). The Bertz CT molecular complexity index is 1050. The van der Waals surface area contributed by atoms with Crippen molar-refractivity contribution in [2.45, 2.75) is 6.92 Å². The van der Waals surface area contributed by atoms with Gasteiger partial charge < -0.3 is 10.6 Å². The van der Waals surface area contributed by atoms with Crippen LogP contribution < -0.4 is 10.6 Å². The summed E-state index contributed by atoms with van der Waals surface area (Å²) in [6.07, 6.45) is 1.45. The van der Waals surface area contributed by atoms with E-state index in [0.29, 0.717) is 10.7 Å². The highest BCUT2D eigenvalue weighted by molar-refractivity contribution is 6.31. The minimum Gasteiger partial charge on any atom is -0.343 e. The number of nitrogens with zero attached hydrogens (tertiary/aromatic N) is 1. The molecule has 0 radical (unpaired) electrons. The topological polar surface area (TPSA) is 95.6 Å². The van der Waals surface area contributed by atoms with Crippen molar-refractivity contribution < 1.29 is 19.2 Å². The smallest absolute Gasteiger partial charge is 0.261 e. The van der Waals surface area contributed by atoms with Crippen LogP contribution in [0, 0.1) is 6.92 Å². The van der Waals surface area contributed by atoms with Gasteiger partial charge in [-0.2, -0.15) is 0 Å². The second-order valence-corrected chi connectivity index (χ2v) is 6.82. The van der Waals surface area contributed by atoms with Crippen LogP contribution in [0.1, 0.15) is 36.6 Å². The first-order valence-corrected chi connectivity index (χ1v) is 9.15. The minimum atomic E-state index is -0.534. The number of anilines is 1. The van der Waals surface area contributed by atoms with E-state index >= 15 is 0 Å². The molecular formula is C21H18ClN3O4. The van der Waals surface area contributed by atoms with Crippen molar-refractivity contribution in [3.05, 3.63) is 76.3 Å². The Hall–Kier alpha value is -3.45. The van der Waals surface area contributed by atoms with Crippen LogP contribution in [0.3, 0.4) is 0 Å². The number of halogens is 1. The summed E-state index contributed by atoms with van der Waals surface area (Å²) in [5.74, 6) is -1.86. The summed E-state index contributed by atoms with van der Waals surface area (Å²) < 4.78 is 0. The van der Waals surface area contributed by atoms with Gasteiger partial charge in [0.25, 0.3) is 17.7 Å². The lowest BCUT2D eigenvalue weighted by molar-refractivity contribution is -0.115. The highest BCUT2D eigenvalue weighted by Gasteiger charge is 2.35. The van der Waals surface area contributed by atoms with E-state index in [1.54, 1.807) is 25.1 Å². The molecule has 7 nitrogen and oxygen atoms in total. The van der Waals surface area contributed by atoms with Gasteiger partial charge in [-0.3, -0.25) is 24.1 Å². The number of fused-ring (bicyclic) bond motifs is 1. The number of imide groups is 1. The molecule has 0 atom stereocenters. The lowest BCUT2D eigenvalue weighted by atomic mass is 10.1. The first kappa shape index (κ1) is 20.3. The number of carbonyl (C=O) groups excluding carboxylic acids is 4. The molecule has 0 saturated carbocycles. The van der Waals surface area contributed by atoms with Crippen LogP contribution in [-0.4, -0.2) is 41.6 Å². The Morgan fingerprint density at radius 3 is 2.59 bits per heavy atom. The molecule has 2 aromatic rings. The van der Waals surface area contributed by atoms with Crippen molar-refractivity contribution in [2.75, 3.05) is 18.4 Å². The Kier molecular flexibility index (Phi) is 5.79. The molecular weight excluding hydrogens is 394 g/mol. The van der Waals surface area contributed by atoms with Gasteiger partial charge in [0.2, 0.25) is 5.91 Å². The molecule has 1 heterocycles. The number of amides is 4. The van der Waals surface area contributed by atoms with Gasteiger partial charge >= 0.3 is 0 Å². The van der Waals surface area contributed by atoms with Crippen molar-refractivity contribution in [2.24, 2.45) is 0 Å². The second-order valence-electron chi connectivity index (χ2n) is 6.41. The lowest BCUT2D eigenvalue weighted by Gasteiger charge is -2.10. The predicted octanol–water partition coefficient (Wildman–Crippen LogP) is 2.80. The molecule has 0 unspecified atom stereocenters. The third-order valence-corrected chi connectivity index (χ3v) is 4.91. The zero-order chi connectivity index (χ0) is 21.1. The molecule has 29 heavy (non-hydrogen) atoms. The van der Waals surface area contributed by atoms with Crippen LogP contribution in [0.2, 0.25) is 5.02 Å². The van der Waals surface area contributed by atoms with Crippen LogP contribution in [-0.2, 0) is 4.79 Å². The molecule has 0 bridgehead atoms. The second kappa shape index (κ2) is 8.28. The van der Waals surface area contributed by atoms with Gasteiger partial charge in [0, 0.05) is 22.8 Å². The maximum absolute atomic E-state index is 12.4. The summed E-state index contributed by atoms with van der Waals surface area (Å²) in [6, 6.07) is 9.36. The van der Waals surface area contributed by atoms with Gasteiger partial charge in [0.1, 0.15) is 0 Å². The lowest BCUT2D eigenvalue weighted by Crippen LogP contribution is -2.33. The van der Waals surface area contributed by atoms with Gasteiger partial charge in [-0.25, -0.2) is 0 Å². The SMILES string of the molecule is C=CCN1C(=O)c2ccc(C(=O)NCC(=O)Nc3cccc(Cl)c3C)cc2C1=O. The molecule has 1 aliphatic heterocycles. The van der Waals surface area contributed by atoms with Gasteiger partial charge in [-0.05, 0) is 42.8 Å². The molecule has 0 spiro atoms. The van der Waals surface area contributed by atoms with Crippen molar-refractivity contribution in [3.8, 4) is 0 Å². The van der Waals surface area contributed by atoms with E-state index in [1.807, 2.05) is 0 Å². The van der Waals surface area contributed by atoms with Gasteiger partial charge in [0.05, 0.1) is 17.7 Å². The monoisotopic (exact) mass is 411 g/mol. The zero-order valence-corrected chi connectivity index (χ0v) is 16.4. The number of hydrogen-bond acceptors (Lipinski definition) is 4. The molecule has 0 aliphatic carbocycles. The molecule has 1 aliphatic rings. The quantitative estimate of drug-likeness (QED) is 0.564. The van der Waals surface area contributed by atoms with Crippen molar-refractivity contribution >= 4 is 40.9 Å². The first-order valence-electron chi connectivity index (χ1n) is 8.77. The summed E-state index contributed by atoms with van der Waals surface area (Å²) in [5.41, 5.74) is 1.85. The standard InChI is InChI=1S/C21H18ClN3O4/c1-3-9-25-20(28)14-8-7-13(10-15(14)21(25)29)19(27)23-11-18(26)24-17-6-4-5-16(22)12(17)2/h3-8,10H,1,9,11H2,2H3,(H,23,27)(H,24,26). The molecule has 4 amide bonds. The summed E-state index contributed by atoms with van der Waals surface area (Å²) in [7, 11) is 0. The Morgan fingerprint density at radius 2 is 1.86 bits per heavy atom. The largest absolute Gasteiger partial charge is 0.343 e. The fraction of sp³-hybridized carbons (Fsp3) is 0.143. The van der Waals surface area contributed by atoms with Gasteiger partial charge in [-0.15, -0.1) is 6.58 Å². The maximum Gasteiger partial charge on any atom is 0.261 e. The number of hydrogen-bond donors (Lipinski definition) is 2. The summed E-state index contributed by atoms with van der Waals surface area (Å²) in [5, 5.41) is 5.70. The van der Waals surface area contributed by atoms with Crippen LogP contribution in [0.15, 0.2) is 49.1 Å². The van der Waals surface area contributed by atoms with Crippen LogP contribution in [0.5, 0.6) is 0 Å². The van der Waals surface area contributed by atoms with Crippen LogP contribution in [0.4, 0.5) is 5.69 Å². The fourth-order valence-corrected chi connectivity index (χ4v) is 3.10. The molecule has 0 aromatic heterocycles. The van der Waals surface area contributed by atoms with Crippen molar-refractivity contribution in [3.63, 3.8) is 0 Å². The Balaban J connectivity index is 1.66. The van der Waals surface area contributed by atoms with Crippen LogP contribution >= 0.6 is 11.6 Å². The Morgan fingerprint density at radius 1 is 1.14 bits per heavy atom. The summed E-state index contributed by atoms with van der Waals surface area (Å²) in [4.78, 5) is 50.1. The van der Waals surface area contributed by atoms with Crippen molar-refractivity contribution in [1.29, 1.82) is 0 Å². The normalized spacial score (nSPS) is 12.6. The molecule has 0 fully saturated rings. The molecule has 0 saturated heterocycles. The molecule has 8 heteroatoms. The van der Waals surface area contributed by atoms with Gasteiger partial charge in [-0.1, -0.05) is 23.7 Å². The number of carbonyl (C=O) groups is 4. The highest BCUT2D eigenvalue weighted by atomic mass is 35.5. The van der Waals surface area contributed by atoms with E-state index in [9.17, 15) is 19.2 Å². The predicted molar refractivity (Wildman–Crippen MR) is 109 cm³/mol. The third-order valence-electron chi connectivity index (χ3n) is 4.50. The highest BCUT2D eigenvalue weighted by Crippen LogP contribution is 2.24. The first-order chi connectivity index (χ1) is 13.8. The average molecular weight is 412 g/mol. The Labute approximate surface area is 172 Å². The number of nitrogens with one attached hydrogen (secondary N) is 2. The molecule has 148 valence electrons. The van der Waals surface area contributed by atoms with E-state index in [4.69, 9.17) is 11.6 Å². The van der Waals surface area contributed by atoms with E-state index in [-0.39, 0.29) is 29.8 Å². The molecule has 2 aromatic carbocycles. The number of rotatable bonds is 6. The van der Waals surface area contributed by atoms with E-state index in [0.717, 1.165) is 10.5 Å². The fourth-order valence-electron chi connectivity index (χ4n) is 2.93. The third kappa shape index (κ3) is 4.05. The van der Waals surface area contributed by atoms with E-state index in [2.05, 4.69) is 17.2 Å². The van der Waals surface area contributed by atoms with Gasteiger partial charge in [0.15, 0.2) is 0 Å². The average Bonchev–Trinajstić information content (AvgIpc) is 2.94. The van der Waals surface area contributed by atoms with E-state index < -0.39 is 23.6 Å². The summed E-state index contributed by atoms with van der Waals surface area (Å²) in [6.45, 7) is 5.13. The molecule has 2 N–H and O–H groups in total. The summed E-state index contributed by atoms with van der Waals surface area (Å²) >= 11 is 6.02. The number of benzene rings is 2. The van der Waals surface area contributed by atoms with Crippen molar-refractivity contribution in [1.82, 2.24) is 10.2 Å². The zero-order valence-electron chi connectivity index (χ0n) is 15.6. The van der Waals surface area contributed by atoms with E-state index in [1.165, 1.54) is 24.3 Å². The minimum absolute atomic E-state index is 0.0942. The van der Waals surface area contributed by atoms with Crippen LogP contribution in [0.25, 0.3) is 0 Å².